The second kappa shape index (κ2) is 8.28. The molecule has 0 fully saturated rings. The number of carbonyl (C=O) groups is 3. The molecule has 15 heavy (non-hydrogen) atoms. The van der Waals surface area contributed by atoms with E-state index < -0.39 is 0 Å². The molecule has 0 radical (unpaired) electrons. The Morgan fingerprint density at radius 2 is 1.67 bits per heavy atom. The fraction of sp³-hybridized carbons (Fsp3) is 0.667. The van der Waals surface area contributed by atoms with E-state index in [1.165, 1.54) is 13.8 Å². The Bertz CT molecular complexity index is 244. The van der Waals surface area contributed by atoms with Crippen LogP contribution >= 0.6 is 11.8 Å². The lowest BCUT2D eigenvalue weighted by atomic mass is 10.4. The second-order valence-electron chi connectivity index (χ2n) is 2.97. The first-order chi connectivity index (χ1) is 7.02. The Labute approximate surface area is 93.4 Å². The fourth-order valence-corrected chi connectivity index (χ4v) is 1.24. The lowest BCUT2D eigenvalue weighted by Crippen LogP contribution is -2.30. The highest BCUT2D eigenvalue weighted by Gasteiger charge is 2.02. The summed E-state index contributed by atoms with van der Waals surface area (Å²) in [6.45, 7) is 3.93. The molecule has 0 heterocycles. The third-order valence-corrected chi connectivity index (χ3v) is 2.27. The highest BCUT2D eigenvalue weighted by molar-refractivity contribution is 8.14. The standard InChI is InChI=1S/C9H16N2O3S/c1-7(12)10-4-3-5-11-9(14)6-15-8(2)13/h3-6H2,1-2H3,(H,10,12)(H,11,14). The predicted molar refractivity (Wildman–Crippen MR) is 59.4 cm³/mol. The number of rotatable bonds is 6. The smallest absolute Gasteiger partial charge is 0.230 e. The van der Waals surface area contributed by atoms with Gasteiger partial charge in [-0.25, -0.2) is 0 Å². The van der Waals surface area contributed by atoms with Gasteiger partial charge in [-0.2, -0.15) is 0 Å². The van der Waals surface area contributed by atoms with Crippen LogP contribution in [0.2, 0.25) is 0 Å². The van der Waals surface area contributed by atoms with Crippen LogP contribution in [0.1, 0.15) is 20.3 Å². The van der Waals surface area contributed by atoms with Gasteiger partial charge in [-0.3, -0.25) is 14.4 Å². The topological polar surface area (TPSA) is 75.3 Å². The monoisotopic (exact) mass is 232 g/mol. The Hall–Kier alpha value is -1.04. The molecule has 0 aliphatic carbocycles. The fourth-order valence-electron chi connectivity index (χ4n) is 0.799. The molecule has 0 bridgehead atoms. The van der Waals surface area contributed by atoms with Gasteiger partial charge in [0.25, 0.3) is 0 Å². The van der Waals surface area contributed by atoms with Gasteiger partial charge in [0, 0.05) is 26.9 Å². The minimum atomic E-state index is -0.155. The van der Waals surface area contributed by atoms with Gasteiger partial charge < -0.3 is 10.6 Å². The molecule has 2 N–H and O–H groups in total. The lowest BCUT2D eigenvalue weighted by molar-refractivity contribution is -0.119. The van der Waals surface area contributed by atoms with E-state index in [2.05, 4.69) is 10.6 Å². The quantitative estimate of drug-likeness (QED) is 0.628. The van der Waals surface area contributed by atoms with Gasteiger partial charge >= 0.3 is 0 Å². The van der Waals surface area contributed by atoms with E-state index in [0.717, 1.165) is 11.8 Å². The van der Waals surface area contributed by atoms with Crippen molar-refractivity contribution in [3.63, 3.8) is 0 Å². The first-order valence-electron chi connectivity index (χ1n) is 4.67. The average Bonchev–Trinajstić information content (AvgIpc) is 2.13. The van der Waals surface area contributed by atoms with E-state index in [-0.39, 0.29) is 22.7 Å². The first-order valence-corrected chi connectivity index (χ1v) is 5.65. The van der Waals surface area contributed by atoms with Crippen molar-refractivity contribution < 1.29 is 14.4 Å². The normalized spacial score (nSPS) is 9.47. The number of thioether (sulfide) groups is 1. The average molecular weight is 232 g/mol. The van der Waals surface area contributed by atoms with E-state index >= 15 is 0 Å². The lowest BCUT2D eigenvalue weighted by Gasteiger charge is -2.04. The molecule has 0 spiro atoms. The van der Waals surface area contributed by atoms with Crippen molar-refractivity contribution in [1.82, 2.24) is 10.6 Å². The second-order valence-corrected chi connectivity index (χ2v) is 4.12. The predicted octanol–water partition coefficient (Wildman–Crippen LogP) is -0.0915. The number of carbonyl (C=O) groups excluding carboxylic acids is 3. The van der Waals surface area contributed by atoms with Gasteiger partial charge in [0.15, 0.2) is 5.12 Å². The van der Waals surface area contributed by atoms with E-state index in [9.17, 15) is 14.4 Å². The van der Waals surface area contributed by atoms with Crippen LogP contribution in [0, 0.1) is 0 Å². The van der Waals surface area contributed by atoms with Crippen molar-refractivity contribution >= 4 is 28.7 Å². The molecule has 0 aliphatic heterocycles. The van der Waals surface area contributed by atoms with Crippen molar-refractivity contribution in [3.8, 4) is 0 Å². The molecule has 6 heteroatoms. The highest BCUT2D eigenvalue weighted by atomic mass is 32.2. The maximum atomic E-state index is 11.1. The highest BCUT2D eigenvalue weighted by Crippen LogP contribution is 1.98. The Morgan fingerprint density at radius 1 is 1.07 bits per heavy atom. The van der Waals surface area contributed by atoms with Crippen LogP contribution in [0.4, 0.5) is 0 Å². The van der Waals surface area contributed by atoms with Crippen molar-refractivity contribution in [2.75, 3.05) is 18.8 Å². The minimum absolute atomic E-state index is 0.0663. The summed E-state index contributed by atoms with van der Waals surface area (Å²) in [6.07, 6.45) is 0.691. The van der Waals surface area contributed by atoms with Gasteiger partial charge in [0.2, 0.25) is 11.8 Å². The maximum Gasteiger partial charge on any atom is 0.230 e. The third kappa shape index (κ3) is 10.9. The third-order valence-electron chi connectivity index (χ3n) is 1.46. The van der Waals surface area contributed by atoms with Crippen LogP contribution in [-0.2, 0) is 14.4 Å². The number of hydrogen-bond donors (Lipinski definition) is 2. The van der Waals surface area contributed by atoms with Crippen LogP contribution < -0.4 is 10.6 Å². The molecule has 0 aromatic heterocycles. The van der Waals surface area contributed by atoms with E-state index in [0.29, 0.717) is 19.5 Å². The molecule has 0 aliphatic rings. The minimum Gasteiger partial charge on any atom is -0.356 e. The molecule has 2 amide bonds. The summed E-state index contributed by atoms with van der Waals surface area (Å²) in [5.41, 5.74) is 0. The first kappa shape index (κ1) is 14.0. The molecule has 0 rings (SSSR count). The summed E-state index contributed by atoms with van der Waals surface area (Å²) in [4.78, 5) is 32.1. The van der Waals surface area contributed by atoms with Crippen LogP contribution in [0.5, 0.6) is 0 Å². The zero-order valence-electron chi connectivity index (χ0n) is 8.96. The van der Waals surface area contributed by atoms with Gasteiger partial charge in [-0.1, -0.05) is 11.8 Å². The van der Waals surface area contributed by atoms with Crippen molar-refractivity contribution in [1.29, 1.82) is 0 Å². The van der Waals surface area contributed by atoms with Crippen molar-refractivity contribution in [2.45, 2.75) is 20.3 Å². The van der Waals surface area contributed by atoms with Crippen LogP contribution in [0.15, 0.2) is 0 Å². The largest absolute Gasteiger partial charge is 0.356 e. The molecular formula is C9H16N2O3S. The zero-order valence-corrected chi connectivity index (χ0v) is 9.78. The van der Waals surface area contributed by atoms with Crippen LogP contribution in [0.25, 0.3) is 0 Å². The molecule has 0 saturated carbocycles. The van der Waals surface area contributed by atoms with Gasteiger partial charge in [0.05, 0.1) is 5.75 Å². The van der Waals surface area contributed by atoms with Gasteiger partial charge in [0.1, 0.15) is 0 Å². The van der Waals surface area contributed by atoms with Gasteiger partial charge in [-0.15, -0.1) is 0 Å². The number of nitrogens with one attached hydrogen (secondary N) is 2. The Balaban J connectivity index is 3.31. The molecule has 0 atom stereocenters. The van der Waals surface area contributed by atoms with Crippen molar-refractivity contribution in [2.24, 2.45) is 0 Å². The summed E-state index contributed by atoms with van der Waals surface area (Å²) >= 11 is 0.987. The van der Waals surface area contributed by atoms with Crippen LogP contribution in [-0.4, -0.2) is 35.8 Å². The summed E-state index contributed by atoms with van der Waals surface area (Å²) in [7, 11) is 0. The summed E-state index contributed by atoms with van der Waals surface area (Å²) in [5.74, 6) is -0.0679. The summed E-state index contributed by atoms with van der Waals surface area (Å²) in [5, 5.41) is 5.20. The molecule has 0 saturated heterocycles. The molecule has 0 unspecified atom stereocenters. The number of hydrogen-bond acceptors (Lipinski definition) is 4. The molecule has 86 valence electrons. The summed E-state index contributed by atoms with van der Waals surface area (Å²) < 4.78 is 0. The van der Waals surface area contributed by atoms with E-state index in [1.54, 1.807) is 0 Å². The number of amides is 2. The summed E-state index contributed by atoms with van der Waals surface area (Å²) in [6, 6.07) is 0. The SMILES string of the molecule is CC(=O)NCCCNC(=O)CSC(C)=O. The van der Waals surface area contributed by atoms with Crippen molar-refractivity contribution in [3.05, 3.63) is 0 Å². The van der Waals surface area contributed by atoms with E-state index in [1.807, 2.05) is 0 Å². The molecule has 5 nitrogen and oxygen atoms in total. The Morgan fingerprint density at radius 3 is 2.20 bits per heavy atom. The van der Waals surface area contributed by atoms with Crippen LogP contribution in [0.3, 0.4) is 0 Å². The maximum absolute atomic E-state index is 11.1. The molecule has 0 aromatic rings. The Kier molecular flexibility index (Phi) is 7.71. The molecular weight excluding hydrogens is 216 g/mol. The molecule has 0 aromatic carbocycles. The zero-order chi connectivity index (χ0) is 11.7. The van der Waals surface area contributed by atoms with Gasteiger partial charge in [-0.05, 0) is 6.42 Å². The van der Waals surface area contributed by atoms with E-state index in [4.69, 9.17) is 0 Å².